The Morgan fingerprint density at radius 3 is 2.18 bits per heavy atom. The lowest BCUT2D eigenvalue weighted by Gasteiger charge is -2.10. The minimum absolute atomic E-state index is 0.0372. The van der Waals surface area contributed by atoms with Gasteiger partial charge in [0, 0.05) is 19.8 Å². The summed E-state index contributed by atoms with van der Waals surface area (Å²) in [7, 11) is 3.48. The first kappa shape index (κ1) is 16.2. The zero-order chi connectivity index (χ0) is 15.8. The molecule has 2 aromatic carbocycles. The van der Waals surface area contributed by atoms with Crippen molar-refractivity contribution < 1.29 is 14.3 Å². The summed E-state index contributed by atoms with van der Waals surface area (Å²) in [5, 5.41) is 0.0372. The molecule has 0 fully saturated rings. The molecule has 0 aromatic heterocycles. The fraction of sp³-hybridized carbons (Fsp3) is 0.235. The van der Waals surface area contributed by atoms with E-state index in [-0.39, 0.29) is 5.24 Å². The highest BCUT2D eigenvalue weighted by molar-refractivity contribution is 8.13. The minimum Gasteiger partial charge on any atom is -0.493 e. The number of para-hydroxylation sites is 1. The molecule has 0 atom stereocenters. The molecular weight excluding hydrogens is 298 g/mol. The van der Waals surface area contributed by atoms with Gasteiger partial charge in [0.1, 0.15) is 17.2 Å². The summed E-state index contributed by atoms with van der Waals surface area (Å²) in [6.45, 7) is 0.489. The van der Waals surface area contributed by atoms with Crippen LogP contribution >= 0.6 is 11.8 Å². The number of hydrogen-bond acceptors (Lipinski definition) is 4. The monoisotopic (exact) mass is 317 g/mol. The lowest BCUT2D eigenvalue weighted by Crippen LogP contribution is -2.17. The van der Waals surface area contributed by atoms with E-state index in [4.69, 9.17) is 9.47 Å². The second kappa shape index (κ2) is 8.34. The first-order valence-corrected chi connectivity index (χ1v) is 7.93. The van der Waals surface area contributed by atoms with Gasteiger partial charge in [-0.15, -0.1) is 0 Å². The van der Waals surface area contributed by atoms with Gasteiger partial charge in [0.05, 0.1) is 6.61 Å². The van der Waals surface area contributed by atoms with Crippen molar-refractivity contribution in [2.45, 2.75) is 0 Å². The molecule has 22 heavy (non-hydrogen) atoms. The highest BCUT2D eigenvalue weighted by atomic mass is 32.2. The molecule has 0 heterocycles. The maximum Gasteiger partial charge on any atom is 0.281 e. The van der Waals surface area contributed by atoms with E-state index in [2.05, 4.69) is 0 Å². The number of thioether (sulfide) groups is 1. The molecule has 0 saturated carbocycles. The van der Waals surface area contributed by atoms with Gasteiger partial charge in [-0.05, 0) is 36.4 Å². The summed E-state index contributed by atoms with van der Waals surface area (Å²) in [5.74, 6) is 2.95. The number of amides is 1. The summed E-state index contributed by atoms with van der Waals surface area (Å²) in [4.78, 5) is 12.9. The van der Waals surface area contributed by atoms with Crippen molar-refractivity contribution in [2.24, 2.45) is 0 Å². The van der Waals surface area contributed by atoms with Crippen molar-refractivity contribution in [1.82, 2.24) is 4.90 Å². The summed E-state index contributed by atoms with van der Waals surface area (Å²) in [6, 6.07) is 17.1. The van der Waals surface area contributed by atoms with Crippen LogP contribution in [0.1, 0.15) is 0 Å². The standard InChI is InChI=1S/C17H19NO3S/c1-18(2)17(19)22-13-12-20-14-8-10-16(11-9-14)21-15-6-4-3-5-7-15/h3-11H,12-13H2,1-2H3. The second-order valence-corrected chi connectivity index (χ2v) is 5.79. The number of benzene rings is 2. The maximum atomic E-state index is 11.4. The molecule has 0 bridgehead atoms. The van der Waals surface area contributed by atoms with Gasteiger partial charge in [-0.1, -0.05) is 30.0 Å². The Hall–Kier alpha value is -2.14. The smallest absolute Gasteiger partial charge is 0.281 e. The Kier molecular flexibility index (Phi) is 6.15. The van der Waals surface area contributed by atoms with Crippen molar-refractivity contribution in [1.29, 1.82) is 0 Å². The first-order chi connectivity index (χ1) is 10.6. The molecule has 2 aromatic rings. The van der Waals surface area contributed by atoms with Crippen molar-refractivity contribution in [3.63, 3.8) is 0 Å². The molecule has 0 N–H and O–H groups in total. The van der Waals surface area contributed by atoms with Crippen molar-refractivity contribution >= 4 is 17.0 Å². The maximum absolute atomic E-state index is 11.4. The molecule has 0 radical (unpaired) electrons. The molecule has 4 nitrogen and oxygen atoms in total. The fourth-order valence-corrected chi connectivity index (χ4v) is 2.25. The number of nitrogens with zero attached hydrogens (tertiary/aromatic N) is 1. The van der Waals surface area contributed by atoms with Crippen LogP contribution in [0.5, 0.6) is 17.2 Å². The molecule has 0 aliphatic heterocycles. The summed E-state index contributed by atoms with van der Waals surface area (Å²) in [6.07, 6.45) is 0. The number of carbonyl (C=O) groups is 1. The Morgan fingerprint density at radius 2 is 1.55 bits per heavy atom. The lowest BCUT2D eigenvalue weighted by atomic mass is 10.3. The largest absolute Gasteiger partial charge is 0.493 e. The highest BCUT2D eigenvalue weighted by Crippen LogP contribution is 2.23. The Labute approximate surface area is 135 Å². The zero-order valence-corrected chi connectivity index (χ0v) is 13.5. The molecular formula is C17H19NO3S. The van der Waals surface area contributed by atoms with Crippen LogP contribution in [0.15, 0.2) is 54.6 Å². The van der Waals surface area contributed by atoms with E-state index >= 15 is 0 Å². The third-order valence-corrected chi connectivity index (χ3v) is 3.73. The third-order valence-electron chi connectivity index (χ3n) is 2.75. The summed E-state index contributed by atoms with van der Waals surface area (Å²) < 4.78 is 11.3. The second-order valence-electron chi connectivity index (χ2n) is 4.74. The first-order valence-electron chi connectivity index (χ1n) is 6.95. The zero-order valence-electron chi connectivity index (χ0n) is 12.7. The van der Waals surface area contributed by atoms with Gasteiger partial charge < -0.3 is 14.4 Å². The highest BCUT2D eigenvalue weighted by Gasteiger charge is 2.04. The lowest BCUT2D eigenvalue weighted by molar-refractivity contribution is 0.241. The number of hydrogen-bond donors (Lipinski definition) is 0. The van der Waals surface area contributed by atoms with Gasteiger partial charge in [0.15, 0.2) is 0 Å². The van der Waals surface area contributed by atoms with Gasteiger partial charge in [0.25, 0.3) is 5.24 Å². The van der Waals surface area contributed by atoms with Gasteiger partial charge in [-0.25, -0.2) is 0 Å². The van der Waals surface area contributed by atoms with Crippen molar-refractivity contribution in [2.75, 3.05) is 26.5 Å². The number of ether oxygens (including phenoxy) is 2. The van der Waals surface area contributed by atoms with Crippen LogP contribution in [0.4, 0.5) is 4.79 Å². The van der Waals surface area contributed by atoms with E-state index in [1.807, 2.05) is 54.6 Å². The van der Waals surface area contributed by atoms with E-state index in [1.54, 1.807) is 19.0 Å². The Balaban J connectivity index is 1.76. The van der Waals surface area contributed by atoms with Gasteiger partial charge in [0.2, 0.25) is 0 Å². The number of rotatable bonds is 6. The van der Waals surface area contributed by atoms with E-state index in [1.165, 1.54) is 11.8 Å². The van der Waals surface area contributed by atoms with Crippen molar-refractivity contribution in [3.8, 4) is 17.2 Å². The molecule has 0 aliphatic rings. The minimum atomic E-state index is 0.0372. The van der Waals surface area contributed by atoms with Crippen LogP contribution in [-0.2, 0) is 0 Å². The molecule has 0 aliphatic carbocycles. The topological polar surface area (TPSA) is 38.8 Å². The van der Waals surface area contributed by atoms with E-state index < -0.39 is 0 Å². The van der Waals surface area contributed by atoms with E-state index in [9.17, 15) is 4.79 Å². The van der Waals surface area contributed by atoms with Crippen molar-refractivity contribution in [3.05, 3.63) is 54.6 Å². The average Bonchev–Trinajstić information content (AvgIpc) is 2.53. The Morgan fingerprint density at radius 1 is 0.955 bits per heavy atom. The molecule has 5 heteroatoms. The molecule has 0 unspecified atom stereocenters. The average molecular weight is 317 g/mol. The van der Waals surface area contributed by atoms with E-state index in [0.29, 0.717) is 12.4 Å². The fourth-order valence-electron chi connectivity index (χ4n) is 1.65. The van der Waals surface area contributed by atoms with Crippen LogP contribution in [0.25, 0.3) is 0 Å². The third kappa shape index (κ3) is 5.33. The van der Waals surface area contributed by atoms with Gasteiger partial charge in [-0.3, -0.25) is 4.79 Å². The predicted molar refractivity (Wildman–Crippen MR) is 90.0 cm³/mol. The number of carbonyl (C=O) groups excluding carboxylic acids is 1. The van der Waals surface area contributed by atoms with Crippen LogP contribution in [0.3, 0.4) is 0 Å². The summed E-state index contributed by atoms with van der Waals surface area (Å²) >= 11 is 1.25. The van der Waals surface area contributed by atoms with Gasteiger partial charge >= 0.3 is 0 Å². The van der Waals surface area contributed by atoms with E-state index in [0.717, 1.165) is 17.2 Å². The predicted octanol–water partition coefficient (Wildman–Crippen LogP) is 4.27. The quantitative estimate of drug-likeness (QED) is 0.746. The molecule has 116 valence electrons. The summed E-state index contributed by atoms with van der Waals surface area (Å²) in [5.41, 5.74) is 0. The normalized spacial score (nSPS) is 10.1. The Bertz CT molecular complexity index is 585. The van der Waals surface area contributed by atoms with Crippen LogP contribution in [-0.4, -0.2) is 36.6 Å². The molecule has 1 amide bonds. The van der Waals surface area contributed by atoms with Gasteiger partial charge in [-0.2, -0.15) is 0 Å². The van der Waals surface area contributed by atoms with Crippen LogP contribution < -0.4 is 9.47 Å². The molecule has 0 saturated heterocycles. The SMILES string of the molecule is CN(C)C(=O)SCCOc1ccc(Oc2ccccc2)cc1. The van der Waals surface area contributed by atoms with Crippen LogP contribution in [0.2, 0.25) is 0 Å². The van der Waals surface area contributed by atoms with Crippen LogP contribution in [0, 0.1) is 0 Å². The molecule has 0 spiro atoms. The molecule has 2 rings (SSSR count).